The lowest BCUT2D eigenvalue weighted by molar-refractivity contribution is 0.251. The smallest absolute Gasteiger partial charge is 0.246 e. The Bertz CT molecular complexity index is 583. The summed E-state index contributed by atoms with van der Waals surface area (Å²) in [7, 11) is -1.77. The van der Waals surface area contributed by atoms with Crippen LogP contribution in [-0.2, 0) is 10.0 Å². The molecule has 3 heterocycles. The van der Waals surface area contributed by atoms with Gasteiger partial charge >= 0.3 is 0 Å². The summed E-state index contributed by atoms with van der Waals surface area (Å²) in [5, 5.41) is 2.78. The van der Waals surface area contributed by atoms with E-state index in [9.17, 15) is 8.42 Å². The molecule has 1 unspecified atom stereocenters. The highest BCUT2D eigenvalue weighted by molar-refractivity contribution is 7.89. The second-order valence-electron chi connectivity index (χ2n) is 5.54. The zero-order chi connectivity index (χ0) is 14.9. The van der Waals surface area contributed by atoms with E-state index >= 15 is 0 Å². The molecular formula is C13H21N5O2S. The van der Waals surface area contributed by atoms with Crippen LogP contribution >= 0.6 is 0 Å². The molecule has 2 aliphatic heterocycles. The first kappa shape index (κ1) is 14.7. The summed E-state index contributed by atoms with van der Waals surface area (Å²) in [4.78, 5) is 10.6. The number of nitrogens with one attached hydrogen (secondary N) is 1. The third-order valence-electron chi connectivity index (χ3n) is 4.27. The van der Waals surface area contributed by atoms with E-state index in [-0.39, 0.29) is 4.90 Å². The Morgan fingerprint density at radius 2 is 1.86 bits per heavy atom. The molecule has 0 radical (unpaired) electrons. The molecule has 8 heteroatoms. The molecule has 0 aromatic carbocycles. The lowest BCUT2D eigenvalue weighted by Crippen LogP contribution is -2.37. The molecule has 0 bridgehead atoms. The molecular weight excluding hydrogens is 290 g/mol. The second kappa shape index (κ2) is 5.86. The average molecular weight is 311 g/mol. The van der Waals surface area contributed by atoms with Crippen molar-refractivity contribution in [1.82, 2.24) is 19.2 Å². The Balaban J connectivity index is 1.72. The van der Waals surface area contributed by atoms with Gasteiger partial charge in [-0.15, -0.1) is 0 Å². The highest BCUT2D eigenvalue weighted by Crippen LogP contribution is 2.25. The number of anilines is 1. The van der Waals surface area contributed by atoms with Crippen LogP contribution in [0.2, 0.25) is 0 Å². The molecule has 2 fully saturated rings. The van der Waals surface area contributed by atoms with Crippen molar-refractivity contribution in [2.24, 2.45) is 0 Å². The molecule has 1 aromatic heterocycles. The van der Waals surface area contributed by atoms with E-state index in [2.05, 4.69) is 20.2 Å². The quantitative estimate of drug-likeness (QED) is 0.866. The Kier molecular flexibility index (Phi) is 4.10. The van der Waals surface area contributed by atoms with E-state index in [0.29, 0.717) is 25.1 Å². The average Bonchev–Trinajstić information content (AvgIpc) is 3.18. The number of aromatic nitrogens is 2. The van der Waals surface area contributed by atoms with Crippen molar-refractivity contribution in [1.29, 1.82) is 0 Å². The number of likely N-dealkylation sites (tertiary alicyclic amines) is 1. The van der Waals surface area contributed by atoms with Gasteiger partial charge in [-0.1, -0.05) is 0 Å². The first-order valence-electron chi connectivity index (χ1n) is 7.35. The summed E-state index contributed by atoms with van der Waals surface area (Å²) >= 11 is 0. The molecule has 0 aliphatic carbocycles. The molecule has 1 N–H and O–H groups in total. The van der Waals surface area contributed by atoms with Crippen LogP contribution in [-0.4, -0.2) is 66.9 Å². The maximum absolute atomic E-state index is 12.6. The van der Waals surface area contributed by atoms with Crippen LogP contribution in [0.5, 0.6) is 0 Å². The molecule has 0 spiro atoms. The van der Waals surface area contributed by atoms with Crippen molar-refractivity contribution in [3.63, 3.8) is 0 Å². The first-order chi connectivity index (χ1) is 10.1. The van der Waals surface area contributed by atoms with Crippen molar-refractivity contribution < 1.29 is 8.42 Å². The third kappa shape index (κ3) is 2.88. The molecule has 1 atom stereocenters. The number of sulfonamides is 1. The molecule has 2 saturated heterocycles. The SMILES string of the molecule is CNc1ncc(S(=O)(=O)N2CCC(N3CCCC3)C2)cn1. The normalized spacial score (nSPS) is 24.5. The van der Waals surface area contributed by atoms with E-state index in [4.69, 9.17) is 0 Å². The zero-order valence-electron chi connectivity index (χ0n) is 12.2. The van der Waals surface area contributed by atoms with Gasteiger partial charge < -0.3 is 5.32 Å². The Morgan fingerprint density at radius 1 is 1.19 bits per heavy atom. The van der Waals surface area contributed by atoms with Crippen molar-refractivity contribution >= 4 is 16.0 Å². The molecule has 7 nitrogen and oxygen atoms in total. The number of hydrogen-bond acceptors (Lipinski definition) is 6. The fourth-order valence-electron chi connectivity index (χ4n) is 3.06. The summed E-state index contributed by atoms with van der Waals surface area (Å²) in [5.74, 6) is 0.422. The molecule has 3 rings (SSSR count). The Morgan fingerprint density at radius 3 is 2.48 bits per heavy atom. The number of hydrogen-bond donors (Lipinski definition) is 1. The van der Waals surface area contributed by atoms with E-state index in [1.54, 1.807) is 11.4 Å². The monoisotopic (exact) mass is 311 g/mol. The lowest BCUT2D eigenvalue weighted by atomic mass is 10.2. The van der Waals surface area contributed by atoms with Crippen molar-refractivity contribution in [2.45, 2.75) is 30.2 Å². The van der Waals surface area contributed by atoms with Gasteiger partial charge in [0.05, 0.1) is 12.4 Å². The van der Waals surface area contributed by atoms with E-state index in [1.165, 1.54) is 25.2 Å². The van der Waals surface area contributed by atoms with Gasteiger partial charge in [0.1, 0.15) is 4.90 Å². The highest BCUT2D eigenvalue weighted by atomic mass is 32.2. The Labute approximate surface area is 125 Å². The Hall–Kier alpha value is -1.25. The predicted molar refractivity (Wildman–Crippen MR) is 79.5 cm³/mol. The van der Waals surface area contributed by atoms with Gasteiger partial charge in [0.25, 0.3) is 0 Å². The van der Waals surface area contributed by atoms with E-state index < -0.39 is 10.0 Å². The van der Waals surface area contributed by atoms with Gasteiger partial charge in [-0.25, -0.2) is 18.4 Å². The van der Waals surface area contributed by atoms with Gasteiger partial charge in [-0.3, -0.25) is 4.90 Å². The molecule has 2 aliphatic rings. The van der Waals surface area contributed by atoms with Gasteiger partial charge in [-0.05, 0) is 32.4 Å². The summed E-state index contributed by atoms with van der Waals surface area (Å²) in [6.45, 7) is 3.35. The topological polar surface area (TPSA) is 78.4 Å². The molecule has 0 amide bonds. The highest BCUT2D eigenvalue weighted by Gasteiger charge is 2.36. The van der Waals surface area contributed by atoms with Crippen LogP contribution in [0.15, 0.2) is 17.3 Å². The number of nitrogens with zero attached hydrogens (tertiary/aromatic N) is 4. The van der Waals surface area contributed by atoms with Gasteiger partial charge in [0, 0.05) is 26.2 Å². The fourth-order valence-corrected chi connectivity index (χ4v) is 4.45. The van der Waals surface area contributed by atoms with Gasteiger partial charge in [0.2, 0.25) is 16.0 Å². The maximum atomic E-state index is 12.6. The minimum Gasteiger partial charge on any atom is -0.357 e. The maximum Gasteiger partial charge on any atom is 0.246 e. The standard InChI is InChI=1S/C13H21N5O2S/c1-14-13-15-8-12(9-16-13)21(19,20)18-7-4-11(10-18)17-5-2-3-6-17/h8-9,11H,2-7,10H2,1H3,(H,14,15,16). The molecule has 1 aromatic rings. The minimum absolute atomic E-state index is 0.170. The fraction of sp³-hybridized carbons (Fsp3) is 0.692. The molecule has 116 valence electrons. The first-order valence-corrected chi connectivity index (χ1v) is 8.79. The van der Waals surface area contributed by atoms with Crippen LogP contribution < -0.4 is 5.32 Å². The minimum atomic E-state index is -3.47. The largest absolute Gasteiger partial charge is 0.357 e. The van der Waals surface area contributed by atoms with Crippen LogP contribution in [0, 0.1) is 0 Å². The van der Waals surface area contributed by atoms with Crippen molar-refractivity contribution in [3.05, 3.63) is 12.4 Å². The number of rotatable bonds is 4. The summed E-state index contributed by atoms with van der Waals surface area (Å²) in [6.07, 6.45) is 6.11. The lowest BCUT2D eigenvalue weighted by Gasteiger charge is -2.23. The molecule has 21 heavy (non-hydrogen) atoms. The van der Waals surface area contributed by atoms with E-state index in [0.717, 1.165) is 19.5 Å². The van der Waals surface area contributed by atoms with Crippen molar-refractivity contribution in [2.75, 3.05) is 38.5 Å². The zero-order valence-corrected chi connectivity index (χ0v) is 13.0. The summed E-state index contributed by atoms with van der Waals surface area (Å²) in [5.41, 5.74) is 0. The van der Waals surface area contributed by atoms with Crippen LogP contribution in [0.1, 0.15) is 19.3 Å². The third-order valence-corrected chi connectivity index (χ3v) is 6.09. The second-order valence-corrected chi connectivity index (χ2v) is 7.48. The van der Waals surface area contributed by atoms with Crippen LogP contribution in [0.3, 0.4) is 0 Å². The summed E-state index contributed by atoms with van der Waals surface area (Å²) in [6, 6.07) is 0.361. The molecule has 0 saturated carbocycles. The predicted octanol–water partition coefficient (Wildman–Crippen LogP) is 0.377. The van der Waals surface area contributed by atoms with Crippen LogP contribution in [0.4, 0.5) is 5.95 Å². The van der Waals surface area contributed by atoms with Crippen molar-refractivity contribution in [3.8, 4) is 0 Å². The van der Waals surface area contributed by atoms with Gasteiger partial charge in [0.15, 0.2) is 0 Å². The summed E-state index contributed by atoms with van der Waals surface area (Å²) < 4.78 is 26.8. The van der Waals surface area contributed by atoms with E-state index in [1.807, 2.05) is 0 Å². The van der Waals surface area contributed by atoms with Crippen LogP contribution in [0.25, 0.3) is 0 Å². The van der Waals surface area contributed by atoms with Gasteiger partial charge in [-0.2, -0.15) is 4.31 Å².